The largest absolute Gasteiger partial charge is 0.465 e. The smallest absolute Gasteiger partial charge is 0.251 e. The van der Waals surface area contributed by atoms with Crippen molar-refractivity contribution in [3.05, 3.63) is 90.0 Å². The van der Waals surface area contributed by atoms with Crippen LogP contribution in [0.4, 0.5) is 0 Å². The number of carbonyl (C=O) groups is 2. The fraction of sp³-hybridized carbons (Fsp3) is 0.125. The van der Waals surface area contributed by atoms with Crippen molar-refractivity contribution in [2.45, 2.75) is 13.5 Å². The second kappa shape index (κ2) is 8.61. The third-order valence-electron chi connectivity index (χ3n) is 4.74. The lowest BCUT2D eigenvalue weighted by atomic mass is 10.0. The van der Waals surface area contributed by atoms with Crippen LogP contribution in [-0.4, -0.2) is 23.3 Å². The number of amides is 2. The van der Waals surface area contributed by atoms with Gasteiger partial charge in [-0.3, -0.25) is 14.6 Å². The van der Waals surface area contributed by atoms with Gasteiger partial charge in [0.1, 0.15) is 11.5 Å². The first-order chi connectivity index (χ1) is 14.6. The Hall–Kier alpha value is -3.93. The van der Waals surface area contributed by atoms with Crippen LogP contribution in [0, 0.1) is 6.92 Å². The van der Waals surface area contributed by atoms with Crippen LogP contribution < -0.4 is 10.6 Å². The van der Waals surface area contributed by atoms with E-state index in [0.29, 0.717) is 11.3 Å². The van der Waals surface area contributed by atoms with E-state index in [9.17, 15) is 9.59 Å². The number of hydrogen-bond donors (Lipinski definition) is 2. The molecular formula is C24H21N3O3. The molecule has 0 radical (unpaired) electrons. The lowest BCUT2D eigenvalue weighted by molar-refractivity contribution is -0.120. The van der Waals surface area contributed by atoms with Crippen LogP contribution in [0.1, 0.15) is 21.9 Å². The molecule has 2 aromatic carbocycles. The van der Waals surface area contributed by atoms with E-state index in [-0.39, 0.29) is 24.9 Å². The van der Waals surface area contributed by atoms with Crippen molar-refractivity contribution < 1.29 is 14.0 Å². The summed E-state index contributed by atoms with van der Waals surface area (Å²) in [6, 6.07) is 20.9. The van der Waals surface area contributed by atoms with E-state index in [1.165, 1.54) is 0 Å². The van der Waals surface area contributed by atoms with Gasteiger partial charge >= 0.3 is 0 Å². The highest BCUT2D eigenvalue weighted by Gasteiger charge is 2.09. The Kier molecular flexibility index (Phi) is 5.57. The number of nitrogens with one attached hydrogen (secondary N) is 2. The van der Waals surface area contributed by atoms with Crippen LogP contribution in [0.3, 0.4) is 0 Å². The second-order valence-electron chi connectivity index (χ2n) is 6.97. The molecule has 0 saturated carbocycles. The van der Waals surface area contributed by atoms with Crippen molar-refractivity contribution in [3.63, 3.8) is 0 Å². The molecular weight excluding hydrogens is 378 g/mol. The van der Waals surface area contributed by atoms with Crippen LogP contribution in [0.2, 0.25) is 0 Å². The summed E-state index contributed by atoms with van der Waals surface area (Å²) < 4.78 is 5.39. The van der Waals surface area contributed by atoms with Crippen molar-refractivity contribution in [2.24, 2.45) is 0 Å². The third-order valence-corrected chi connectivity index (χ3v) is 4.74. The van der Waals surface area contributed by atoms with Gasteiger partial charge in [0.15, 0.2) is 0 Å². The number of pyridine rings is 1. The van der Waals surface area contributed by atoms with Gasteiger partial charge in [0, 0.05) is 22.7 Å². The molecule has 0 spiro atoms. The van der Waals surface area contributed by atoms with E-state index in [2.05, 4.69) is 21.7 Å². The van der Waals surface area contributed by atoms with Crippen molar-refractivity contribution in [3.8, 4) is 11.1 Å². The fourth-order valence-corrected chi connectivity index (χ4v) is 3.13. The molecule has 2 aromatic heterocycles. The second-order valence-corrected chi connectivity index (χ2v) is 6.97. The summed E-state index contributed by atoms with van der Waals surface area (Å²) >= 11 is 0. The highest BCUT2D eigenvalue weighted by Crippen LogP contribution is 2.23. The van der Waals surface area contributed by atoms with Gasteiger partial charge in [0.25, 0.3) is 5.91 Å². The summed E-state index contributed by atoms with van der Waals surface area (Å²) in [5, 5.41) is 6.40. The first-order valence-corrected chi connectivity index (χ1v) is 9.64. The molecule has 6 nitrogen and oxygen atoms in total. The van der Waals surface area contributed by atoms with E-state index in [1.54, 1.807) is 18.2 Å². The number of nitrogens with zero attached hydrogens (tertiary/aromatic N) is 1. The molecule has 0 aliphatic heterocycles. The van der Waals surface area contributed by atoms with Gasteiger partial charge in [0.2, 0.25) is 5.91 Å². The summed E-state index contributed by atoms with van der Waals surface area (Å²) in [7, 11) is 0. The number of aromatic nitrogens is 1. The molecule has 0 atom stereocenters. The maximum Gasteiger partial charge on any atom is 0.251 e. The molecule has 0 bridgehead atoms. The van der Waals surface area contributed by atoms with Gasteiger partial charge in [-0.1, -0.05) is 30.3 Å². The van der Waals surface area contributed by atoms with Gasteiger partial charge in [-0.25, -0.2) is 0 Å². The molecule has 2 amide bonds. The SMILES string of the molecule is Cc1ccc(CNC(=O)CNC(=O)c2ccc(-c3cnc4ccccc4c3)cc2)o1. The number of carbonyl (C=O) groups excluding carboxylic acids is 2. The Morgan fingerprint density at radius 1 is 0.933 bits per heavy atom. The molecule has 4 aromatic rings. The first-order valence-electron chi connectivity index (χ1n) is 9.64. The predicted octanol–water partition coefficient (Wildman–Crippen LogP) is 3.85. The Morgan fingerprint density at radius 3 is 2.50 bits per heavy atom. The molecule has 0 unspecified atom stereocenters. The van der Waals surface area contributed by atoms with Crippen molar-refractivity contribution in [1.82, 2.24) is 15.6 Å². The minimum absolute atomic E-state index is 0.102. The normalized spacial score (nSPS) is 10.7. The van der Waals surface area contributed by atoms with Crippen LogP contribution in [-0.2, 0) is 11.3 Å². The number of aryl methyl sites for hydroxylation is 1. The van der Waals surface area contributed by atoms with Gasteiger partial charge in [-0.2, -0.15) is 0 Å². The Labute approximate surface area is 173 Å². The molecule has 0 saturated heterocycles. The molecule has 4 rings (SSSR count). The van der Waals surface area contributed by atoms with E-state index in [1.807, 2.05) is 55.6 Å². The number of para-hydroxylation sites is 1. The molecule has 150 valence electrons. The average molecular weight is 399 g/mol. The number of rotatable bonds is 6. The van der Waals surface area contributed by atoms with E-state index in [0.717, 1.165) is 27.8 Å². The maximum absolute atomic E-state index is 12.3. The topological polar surface area (TPSA) is 84.2 Å². The summed E-state index contributed by atoms with van der Waals surface area (Å²) in [4.78, 5) is 28.7. The number of benzene rings is 2. The average Bonchev–Trinajstić information content (AvgIpc) is 3.21. The molecule has 0 aliphatic carbocycles. The predicted molar refractivity (Wildman–Crippen MR) is 115 cm³/mol. The van der Waals surface area contributed by atoms with Crippen molar-refractivity contribution in [2.75, 3.05) is 6.54 Å². The summed E-state index contributed by atoms with van der Waals surface area (Å²) in [6.45, 7) is 2.03. The Morgan fingerprint density at radius 2 is 1.73 bits per heavy atom. The van der Waals surface area contributed by atoms with Crippen molar-refractivity contribution >= 4 is 22.7 Å². The van der Waals surface area contributed by atoms with Crippen LogP contribution in [0.5, 0.6) is 0 Å². The molecule has 2 N–H and O–H groups in total. The maximum atomic E-state index is 12.3. The zero-order valence-electron chi connectivity index (χ0n) is 16.5. The molecule has 0 fully saturated rings. The first kappa shape index (κ1) is 19.4. The summed E-state index contributed by atoms with van der Waals surface area (Å²) in [6.07, 6.45) is 1.82. The minimum atomic E-state index is -0.304. The zero-order valence-corrected chi connectivity index (χ0v) is 16.5. The summed E-state index contributed by atoms with van der Waals surface area (Å²) in [5.41, 5.74) is 3.38. The fourth-order valence-electron chi connectivity index (χ4n) is 3.13. The van der Waals surface area contributed by atoms with Gasteiger partial charge in [0.05, 0.1) is 18.6 Å². The zero-order chi connectivity index (χ0) is 20.9. The number of fused-ring (bicyclic) bond motifs is 1. The van der Waals surface area contributed by atoms with Gasteiger partial charge in [-0.15, -0.1) is 0 Å². The summed E-state index contributed by atoms with van der Waals surface area (Å²) in [5.74, 6) is 0.875. The molecule has 6 heteroatoms. The highest BCUT2D eigenvalue weighted by molar-refractivity contribution is 5.97. The molecule has 0 aliphatic rings. The van der Waals surface area contributed by atoms with Gasteiger partial charge < -0.3 is 15.1 Å². The van der Waals surface area contributed by atoms with Crippen molar-refractivity contribution in [1.29, 1.82) is 0 Å². The monoisotopic (exact) mass is 399 g/mol. The van der Waals surface area contributed by atoms with E-state index < -0.39 is 0 Å². The van der Waals surface area contributed by atoms with Crippen LogP contribution in [0.15, 0.2) is 77.3 Å². The third kappa shape index (κ3) is 4.55. The quantitative estimate of drug-likeness (QED) is 0.516. The molecule has 30 heavy (non-hydrogen) atoms. The van der Waals surface area contributed by atoms with Crippen LogP contribution in [0.25, 0.3) is 22.0 Å². The minimum Gasteiger partial charge on any atom is -0.465 e. The highest BCUT2D eigenvalue weighted by atomic mass is 16.3. The lowest BCUT2D eigenvalue weighted by Gasteiger charge is -2.07. The Bertz CT molecular complexity index is 1200. The lowest BCUT2D eigenvalue weighted by Crippen LogP contribution is -2.36. The van der Waals surface area contributed by atoms with E-state index >= 15 is 0 Å². The number of furan rings is 1. The van der Waals surface area contributed by atoms with Crippen LogP contribution >= 0.6 is 0 Å². The molecule has 2 heterocycles. The Balaban J connectivity index is 1.33. The van der Waals surface area contributed by atoms with Gasteiger partial charge in [-0.05, 0) is 48.9 Å². The standard InChI is InChI=1S/C24H21N3O3/c1-16-6-11-21(30-16)14-26-23(28)15-27-24(29)18-9-7-17(8-10-18)20-12-19-4-2-3-5-22(19)25-13-20/h2-13H,14-15H2,1H3,(H,26,28)(H,27,29). The number of hydrogen-bond acceptors (Lipinski definition) is 4. The van der Waals surface area contributed by atoms with E-state index in [4.69, 9.17) is 4.42 Å².